The molecule has 2 rings (SSSR count). The fraction of sp³-hybridized carbons (Fsp3) is 0.476. The van der Waals surface area contributed by atoms with Crippen molar-refractivity contribution < 1.29 is 14.1 Å². The topological polar surface area (TPSA) is 65.2 Å². The van der Waals surface area contributed by atoms with Gasteiger partial charge in [0.05, 0.1) is 6.42 Å². The fourth-order valence-electron chi connectivity index (χ4n) is 2.50. The molecular weight excluding hydrogens is 328 g/mol. The van der Waals surface area contributed by atoms with Gasteiger partial charge in [0, 0.05) is 12.0 Å². The van der Waals surface area contributed by atoms with Crippen molar-refractivity contribution in [2.75, 3.05) is 0 Å². The highest BCUT2D eigenvalue weighted by Gasteiger charge is 2.20. The van der Waals surface area contributed by atoms with Crippen LogP contribution in [0.4, 0.5) is 0 Å². The van der Waals surface area contributed by atoms with Gasteiger partial charge in [-0.2, -0.15) is 4.98 Å². The van der Waals surface area contributed by atoms with Gasteiger partial charge in [0.15, 0.2) is 5.82 Å². The van der Waals surface area contributed by atoms with Crippen molar-refractivity contribution in [1.82, 2.24) is 10.1 Å². The first-order valence-corrected chi connectivity index (χ1v) is 9.07. The Balaban J connectivity index is 1.95. The average Bonchev–Trinajstić information content (AvgIpc) is 2.98. The van der Waals surface area contributed by atoms with Crippen LogP contribution in [-0.2, 0) is 28.8 Å². The highest BCUT2D eigenvalue weighted by atomic mass is 16.6. The lowest BCUT2D eigenvalue weighted by molar-refractivity contribution is -0.150. The molecule has 0 aliphatic rings. The van der Waals surface area contributed by atoms with Crippen LogP contribution in [0.15, 0.2) is 40.9 Å². The normalized spacial score (nSPS) is 11.4. The van der Waals surface area contributed by atoms with E-state index in [4.69, 9.17) is 9.26 Å². The first kappa shape index (κ1) is 19.9. The van der Waals surface area contributed by atoms with Gasteiger partial charge in [-0.3, -0.25) is 0 Å². The van der Waals surface area contributed by atoms with E-state index in [2.05, 4.69) is 47.9 Å². The Bertz CT molecular complexity index is 757. The number of esters is 1. The fourth-order valence-corrected chi connectivity index (χ4v) is 2.50. The second-order valence-corrected chi connectivity index (χ2v) is 7.49. The zero-order valence-corrected chi connectivity index (χ0v) is 16.2. The minimum absolute atomic E-state index is 0.193. The van der Waals surface area contributed by atoms with E-state index in [-0.39, 0.29) is 6.42 Å². The van der Waals surface area contributed by atoms with Gasteiger partial charge in [0.1, 0.15) is 5.60 Å². The summed E-state index contributed by atoms with van der Waals surface area (Å²) in [5, 5.41) is 4.01. The number of benzene rings is 1. The molecule has 0 fully saturated rings. The summed E-state index contributed by atoms with van der Waals surface area (Å²) in [5.41, 5.74) is 2.23. The first-order valence-electron chi connectivity index (χ1n) is 9.07. The van der Waals surface area contributed by atoms with E-state index in [0.717, 1.165) is 12.0 Å². The molecule has 0 saturated heterocycles. The number of aryl methyl sites for hydroxylation is 1. The standard InChI is InChI=1S/C21H28N2O3/c1-6-7-9-16-10-8-11-17(13-16)14-18-22-19(26-23-18)12-15(2)20(24)25-21(3,4)5/h8,10-11,13H,2,6-7,9,12,14H2,1,3-5H3. The van der Waals surface area contributed by atoms with Gasteiger partial charge in [-0.1, -0.05) is 49.3 Å². The Kier molecular flexibility index (Phi) is 6.72. The van der Waals surface area contributed by atoms with Gasteiger partial charge in [0.2, 0.25) is 5.89 Å². The maximum atomic E-state index is 12.0. The summed E-state index contributed by atoms with van der Waals surface area (Å²) in [6.07, 6.45) is 4.24. The Morgan fingerprint density at radius 1 is 1.27 bits per heavy atom. The van der Waals surface area contributed by atoms with Crippen LogP contribution in [-0.4, -0.2) is 21.7 Å². The summed E-state index contributed by atoms with van der Waals surface area (Å²) >= 11 is 0. The highest BCUT2D eigenvalue weighted by molar-refractivity contribution is 5.88. The van der Waals surface area contributed by atoms with E-state index in [1.54, 1.807) is 0 Å². The Morgan fingerprint density at radius 3 is 2.69 bits per heavy atom. The van der Waals surface area contributed by atoms with Crippen molar-refractivity contribution in [3.8, 4) is 0 Å². The maximum absolute atomic E-state index is 12.0. The number of rotatable bonds is 8. The van der Waals surface area contributed by atoms with Crippen LogP contribution in [0.5, 0.6) is 0 Å². The summed E-state index contributed by atoms with van der Waals surface area (Å²) < 4.78 is 10.5. The van der Waals surface area contributed by atoms with Crippen molar-refractivity contribution in [3.05, 3.63) is 59.3 Å². The molecule has 0 bridgehead atoms. The molecule has 26 heavy (non-hydrogen) atoms. The smallest absolute Gasteiger partial charge is 0.334 e. The van der Waals surface area contributed by atoms with Crippen LogP contribution >= 0.6 is 0 Å². The van der Waals surface area contributed by atoms with Crippen molar-refractivity contribution in [2.45, 2.75) is 65.4 Å². The number of carbonyl (C=O) groups is 1. The zero-order chi connectivity index (χ0) is 19.2. The van der Waals surface area contributed by atoms with Crippen molar-refractivity contribution >= 4 is 5.97 Å². The lowest BCUT2D eigenvalue weighted by atomic mass is 10.0. The van der Waals surface area contributed by atoms with Crippen LogP contribution in [0.1, 0.15) is 63.4 Å². The van der Waals surface area contributed by atoms with Crippen LogP contribution < -0.4 is 0 Å². The minimum Gasteiger partial charge on any atom is -0.457 e. The molecule has 1 aromatic carbocycles. The second kappa shape index (κ2) is 8.79. The average molecular weight is 356 g/mol. The van der Waals surface area contributed by atoms with Crippen molar-refractivity contribution in [1.29, 1.82) is 0 Å². The summed E-state index contributed by atoms with van der Waals surface area (Å²) in [6, 6.07) is 8.45. The van der Waals surface area contributed by atoms with E-state index >= 15 is 0 Å². The summed E-state index contributed by atoms with van der Waals surface area (Å²) in [7, 11) is 0. The molecule has 0 spiro atoms. The number of ether oxygens (including phenoxy) is 1. The SMILES string of the molecule is C=C(Cc1nc(Cc2cccc(CCCC)c2)no1)C(=O)OC(C)(C)C. The van der Waals surface area contributed by atoms with Crippen LogP contribution in [0.2, 0.25) is 0 Å². The summed E-state index contributed by atoms with van der Waals surface area (Å²) in [6.45, 7) is 11.4. The predicted molar refractivity (Wildman–Crippen MR) is 101 cm³/mol. The largest absolute Gasteiger partial charge is 0.457 e. The van der Waals surface area contributed by atoms with Crippen molar-refractivity contribution in [3.63, 3.8) is 0 Å². The lowest BCUT2D eigenvalue weighted by Crippen LogP contribution is -2.25. The number of aromatic nitrogens is 2. The van der Waals surface area contributed by atoms with Gasteiger partial charge in [-0.25, -0.2) is 4.79 Å². The molecule has 0 atom stereocenters. The van der Waals surface area contributed by atoms with Gasteiger partial charge < -0.3 is 9.26 Å². The predicted octanol–water partition coefficient (Wildman–Crippen LogP) is 4.44. The molecule has 2 aromatic rings. The number of nitrogens with zero attached hydrogens (tertiary/aromatic N) is 2. The van der Waals surface area contributed by atoms with Crippen LogP contribution in [0.25, 0.3) is 0 Å². The Labute approximate surface area is 155 Å². The molecule has 140 valence electrons. The Hall–Kier alpha value is -2.43. The van der Waals surface area contributed by atoms with Gasteiger partial charge in [-0.15, -0.1) is 0 Å². The number of hydrogen-bond acceptors (Lipinski definition) is 5. The van der Waals surface area contributed by atoms with Crippen LogP contribution in [0, 0.1) is 0 Å². The monoisotopic (exact) mass is 356 g/mol. The molecule has 5 nitrogen and oxygen atoms in total. The number of unbranched alkanes of at least 4 members (excludes halogenated alkanes) is 1. The molecule has 5 heteroatoms. The summed E-state index contributed by atoms with van der Waals surface area (Å²) in [4.78, 5) is 16.3. The summed E-state index contributed by atoms with van der Waals surface area (Å²) in [5.74, 6) is 0.531. The molecule has 0 aliphatic heterocycles. The van der Waals surface area contributed by atoms with Gasteiger partial charge >= 0.3 is 5.97 Å². The quantitative estimate of drug-likeness (QED) is 0.517. The molecule has 0 aliphatic carbocycles. The minimum atomic E-state index is -0.553. The number of carbonyl (C=O) groups excluding carboxylic acids is 1. The molecule has 0 saturated carbocycles. The van der Waals surface area contributed by atoms with Gasteiger partial charge in [-0.05, 0) is 44.7 Å². The van der Waals surface area contributed by atoms with E-state index in [1.165, 1.54) is 18.4 Å². The third-order valence-electron chi connectivity index (χ3n) is 3.73. The van der Waals surface area contributed by atoms with E-state index in [1.807, 2.05) is 20.8 Å². The molecule has 1 heterocycles. The van der Waals surface area contributed by atoms with E-state index < -0.39 is 11.6 Å². The molecule has 0 amide bonds. The third kappa shape index (κ3) is 6.47. The molecule has 0 N–H and O–H groups in total. The molecular formula is C21H28N2O3. The highest BCUT2D eigenvalue weighted by Crippen LogP contribution is 2.15. The zero-order valence-electron chi connectivity index (χ0n) is 16.2. The third-order valence-corrected chi connectivity index (χ3v) is 3.73. The van der Waals surface area contributed by atoms with Crippen LogP contribution in [0.3, 0.4) is 0 Å². The second-order valence-electron chi connectivity index (χ2n) is 7.49. The maximum Gasteiger partial charge on any atom is 0.334 e. The molecule has 1 aromatic heterocycles. The molecule has 0 unspecified atom stereocenters. The lowest BCUT2D eigenvalue weighted by Gasteiger charge is -2.19. The Morgan fingerprint density at radius 2 is 2.00 bits per heavy atom. The van der Waals surface area contributed by atoms with Crippen molar-refractivity contribution in [2.24, 2.45) is 0 Å². The molecule has 0 radical (unpaired) electrons. The van der Waals surface area contributed by atoms with E-state index in [9.17, 15) is 4.79 Å². The van der Waals surface area contributed by atoms with E-state index in [0.29, 0.717) is 23.7 Å². The van der Waals surface area contributed by atoms with Gasteiger partial charge in [0.25, 0.3) is 0 Å². The first-order chi connectivity index (χ1) is 12.3. The number of hydrogen-bond donors (Lipinski definition) is 0.